The molecule has 0 aromatic carbocycles. The Morgan fingerprint density at radius 1 is 1.30 bits per heavy atom. The molecule has 0 radical (unpaired) electrons. The predicted molar refractivity (Wildman–Crippen MR) is 88.9 cm³/mol. The number of hydrogen-bond donors (Lipinski definition) is 2. The van der Waals surface area contributed by atoms with E-state index in [1.54, 1.807) is 6.07 Å². The number of nitrogens with one attached hydrogen (secondary N) is 1. The zero-order chi connectivity index (χ0) is 16.0. The molecule has 1 aromatic rings. The number of carbonyl (C=O) groups is 1. The van der Waals surface area contributed by atoms with Gasteiger partial charge in [0.1, 0.15) is 0 Å². The summed E-state index contributed by atoms with van der Waals surface area (Å²) in [5.74, 6) is 2.31. The number of primary amides is 1. The number of aromatic nitrogens is 2. The molecule has 1 amide bonds. The van der Waals surface area contributed by atoms with Crippen LogP contribution in [0.25, 0.3) is 0 Å². The van der Waals surface area contributed by atoms with E-state index in [1.165, 1.54) is 56.5 Å². The van der Waals surface area contributed by atoms with E-state index in [2.05, 4.69) is 9.97 Å². The second-order valence-electron chi connectivity index (χ2n) is 7.87. The zero-order valence-corrected chi connectivity index (χ0v) is 14.0. The van der Waals surface area contributed by atoms with Crippen molar-refractivity contribution in [3.05, 3.63) is 22.7 Å². The van der Waals surface area contributed by atoms with Crippen molar-refractivity contribution >= 4 is 17.7 Å². The van der Waals surface area contributed by atoms with Crippen LogP contribution in [0.1, 0.15) is 44.9 Å². The van der Waals surface area contributed by atoms with Gasteiger partial charge in [-0.25, -0.2) is 9.78 Å². The molecule has 4 saturated carbocycles. The molecule has 5 rings (SSSR count). The lowest BCUT2D eigenvalue weighted by Gasteiger charge is -2.57. The summed E-state index contributed by atoms with van der Waals surface area (Å²) >= 11 is 1.39. The second kappa shape index (κ2) is 5.65. The first-order chi connectivity index (χ1) is 11.0. The van der Waals surface area contributed by atoms with Crippen molar-refractivity contribution in [1.29, 1.82) is 0 Å². The van der Waals surface area contributed by atoms with Crippen LogP contribution >= 0.6 is 11.8 Å². The smallest absolute Gasteiger partial charge is 0.345 e. The van der Waals surface area contributed by atoms with Crippen molar-refractivity contribution in [2.75, 3.05) is 0 Å². The molecule has 1 atom stereocenters. The maximum atomic E-state index is 12.0. The molecule has 4 bridgehead atoms. The molecular formula is C17H23N3O2S. The molecule has 4 fully saturated rings. The quantitative estimate of drug-likeness (QED) is 0.639. The van der Waals surface area contributed by atoms with Gasteiger partial charge < -0.3 is 10.7 Å². The fourth-order valence-corrected chi connectivity index (χ4v) is 6.85. The van der Waals surface area contributed by atoms with E-state index in [0.29, 0.717) is 10.4 Å². The summed E-state index contributed by atoms with van der Waals surface area (Å²) in [6, 6.07) is 1.74. The SMILES string of the molecule is NC(=O)C(CC12CC3CC(CC(C3)C1)C2)Sc1ccnc(=O)[nH]1. The molecule has 23 heavy (non-hydrogen) atoms. The first-order valence-corrected chi connectivity index (χ1v) is 9.41. The van der Waals surface area contributed by atoms with Crippen LogP contribution in [0.4, 0.5) is 0 Å². The van der Waals surface area contributed by atoms with Gasteiger partial charge in [0.15, 0.2) is 0 Å². The summed E-state index contributed by atoms with van der Waals surface area (Å²) in [4.78, 5) is 29.7. The molecule has 4 aliphatic carbocycles. The number of amides is 1. The molecule has 0 saturated heterocycles. The lowest BCUT2D eigenvalue weighted by atomic mass is 9.48. The van der Waals surface area contributed by atoms with Crippen LogP contribution in [-0.2, 0) is 4.79 Å². The standard InChI is InChI=1S/C17H23N3O2S/c18-15(21)13(23-14-1-2-19-16(22)20-14)9-17-6-10-3-11(7-17)5-12(4-10)8-17/h1-2,10-13H,3-9H2,(H2,18,21)(H,19,20,22). The zero-order valence-electron chi connectivity index (χ0n) is 13.2. The summed E-state index contributed by atoms with van der Waals surface area (Å²) in [5.41, 5.74) is 5.60. The highest BCUT2D eigenvalue weighted by molar-refractivity contribution is 8.00. The average Bonchev–Trinajstić information content (AvgIpc) is 2.44. The molecule has 1 heterocycles. The second-order valence-corrected chi connectivity index (χ2v) is 9.11. The van der Waals surface area contributed by atoms with Gasteiger partial charge in [-0.05, 0) is 74.2 Å². The van der Waals surface area contributed by atoms with Gasteiger partial charge in [-0.2, -0.15) is 0 Å². The van der Waals surface area contributed by atoms with Gasteiger partial charge in [-0.3, -0.25) is 4.79 Å². The van der Waals surface area contributed by atoms with Crippen molar-refractivity contribution in [2.45, 2.75) is 55.2 Å². The van der Waals surface area contributed by atoms with Crippen LogP contribution in [0.5, 0.6) is 0 Å². The fourth-order valence-electron chi connectivity index (χ4n) is 5.71. The van der Waals surface area contributed by atoms with Gasteiger partial charge >= 0.3 is 5.69 Å². The topological polar surface area (TPSA) is 88.8 Å². The molecular weight excluding hydrogens is 310 g/mol. The summed E-state index contributed by atoms with van der Waals surface area (Å²) in [6.45, 7) is 0. The fraction of sp³-hybridized carbons (Fsp3) is 0.706. The van der Waals surface area contributed by atoms with Crippen molar-refractivity contribution in [2.24, 2.45) is 28.9 Å². The number of aromatic amines is 1. The Morgan fingerprint density at radius 3 is 2.43 bits per heavy atom. The minimum atomic E-state index is -0.381. The Hall–Kier alpha value is -1.30. The number of thioether (sulfide) groups is 1. The van der Waals surface area contributed by atoms with E-state index in [4.69, 9.17) is 5.73 Å². The number of hydrogen-bond acceptors (Lipinski definition) is 4. The molecule has 4 aliphatic rings. The maximum absolute atomic E-state index is 12.0. The van der Waals surface area contributed by atoms with Crippen LogP contribution in [-0.4, -0.2) is 21.1 Å². The lowest BCUT2D eigenvalue weighted by Crippen LogP contribution is -2.48. The Morgan fingerprint density at radius 2 is 1.91 bits per heavy atom. The summed E-state index contributed by atoms with van der Waals surface area (Å²) in [6.07, 6.45) is 10.3. The molecule has 124 valence electrons. The van der Waals surface area contributed by atoms with Crippen molar-refractivity contribution < 1.29 is 4.79 Å². The third-order valence-electron chi connectivity index (χ3n) is 6.02. The van der Waals surface area contributed by atoms with Gasteiger partial charge in [0.05, 0.1) is 10.3 Å². The van der Waals surface area contributed by atoms with Crippen molar-refractivity contribution in [3.8, 4) is 0 Å². The molecule has 0 aliphatic heterocycles. The van der Waals surface area contributed by atoms with Crippen LogP contribution in [0.15, 0.2) is 22.1 Å². The number of rotatable bonds is 5. The average molecular weight is 333 g/mol. The van der Waals surface area contributed by atoms with E-state index >= 15 is 0 Å². The van der Waals surface area contributed by atoms with Crippen LogP contribution in [0.3, 0.4) is 0 Å². The van der Waals surface area contributed by atoms with E-state index in [1.807, 2.05) is 0 Å². The van der Waals surface area contributed by atoms with Crippen molar-refractivity contribution in [3.63, 3.8) is 0 Å². The largest absolute Gasteiger partial charge is 0.369 e. The number of H-pyrrole nitrogens is 1. The van der Waals surface area contributed by atoms with Gasteiger partial charge in [-0.1, -0.05) is 11.8 Å². The van der Waals surface area contributed by atoms with E-state index in [-0.39, 0.29) is 16.8 Å². The molecule has 1 aromatic heterocycles. The number of nitrogens with zero attached hydrogens (tertiary/aromatic N) is 1. The highest BCUT2D eigenvalue weighted by Gasteiger charge is 2.51. The molecule has 1 unspecified atom stereocenters. The molecule has 3 N–H and O–H groups in total. The van der Waals surface area contributed by atoms with E-state index in [0.717, 1.165) is 24.2 Å². The lowest BCUT2D eigenvalue weighted by molar-refractivity contribution is -0.119. The van der Waals surface area contributed by atoms with Gasteiger partial charge in [0.25, 0.3) is 0 Å². The van der Waals surface area contributed by atoms with E-state index in [9.17, 15) is 9.59 Å². The Labute approximate surface area is 139 Å². The first kappa shape index (κ1) is 15.2. The van der Waals surface area contributed by atoms with Gasteiger partial charge in [0.2, 0.25) is 5.91 Å². The summed E-state index contributed by atoms with van der Waals surface area (Å²) in [5, 5.41) is 0.405. The number of nitrogens with two attached hydrogens (primary N) is 1. The predicted octanol–water partition coefficient (Wildman–Crippen LogP) is 2.32. The minimum absolute atomic E-state index is 0.274. The normalized spacial score (nSPS) is 36.1. The summed E-state index contributed by atoms with van der Waals surface area (Å²) in [7, 11) is 0. The van der Waals surface area contributed by atoms with E-state index < -0.39 is 0 Å². The van der Waals surface area contributed by atoms with Gasteiger partial charge in [-0.15, -0.1) is 0 Å². The Bertz CT molecular complexity index is 637. The maximum Gasteiger partial charge on any atom is 0.345 e. The molecule has 5 nitrogen and oxygen atoms in total. The highest BCUT2D eigenvalue weighted by atomic mass is 32.2. The minimum Gasteiger partial charge on any atom is -0.369 e. The van der Waals surface area contributed by atoms with Crippen LogP contribution in [0, 0.1) is 23.2 Å². The monoisotopic (exact) mass is 333 g/mol. The highest BCUT2D eigenvalue weighted by Crippen LogP contribution is 2.62. The van der Waals surface area contributed by atoms with Crippen LogP contribution < -0.4 is 11.4 Å². The van der Waals surface area contributed by atoms with Gasteiger partial charge in [0, 0.05) is 6.20 Å². The number of carbonyl (C=O) groups excluding carboxylic acids is 1. The Balaban J connectivity index is 1.52. The summed E-state index contributed by atoms with van der Waals surface area (Å²) < 4.78 is 0. The third-order valence-corrected chi connectivity index (χ3v) is 7.19. The van der Waals surface area contributed by atoms with Crippen molar-refractivity contribution in [1.82, 2.24) is 9.97 Å². The first-order valence-electron chi connectivity index (χ1n) is 8.53. The third kappa shape index (κ3) is 3.05. The molecule has 6 heteroatoms. The van der Waals surface area contributed by atoms with Crippen LogP contribution in [0.2, 0.25) is 0 Å². The molecule has 0 spiro atoms. The Kier molecular flexibility index (Phi) is 3.75.